The van der Waals surface area contributed by atoms with Crippen molar-refractivity contribution in [1.82, 2.24) is 0 Å². The van der Waals surface area contributed by atoms with Gasteiger partial charge in [0.1, 0.15) is 0 Å². The molecule has 0 atom stereocenters. The fourth-order valence-corrected chi connectivity index (χ4v) is 3.82. The van der Waals surface area contributed by atoms with Crippen LogP contribution in [0.1, 0.15) is 28.9 Å². The first kappa shape index (κ1) is 13.6. The van der Waals surface area contributed by atoms with Gasteiger partial charge in [-0.3, -0.25) is 9.59 Å². The van der Waals surface area contributed by atoms with Gasteiger partial charge in [0.2, 0.25) is 0 Å². The molecule has 0 amide bonds. The molecule has 3 nitrogen and oxygen atoms in total. The minimum atomic E-state index is -0.141. The molecule has 0 saturated heterocycles. The summed E-state index contributed by atoms with van der Waals surface area (Å²) in [6.45, 7) is 0. The maximum Gasteiger partial charge on any atom is 0.306 e. The lowest BCUT2D eigenvalue weighted by molar-refractivity contribution is -0.141. The Balaban J connectivity index is 1.72. The van der Waals surface area contributed by atoms with Gasteiger partial charge in [0.15, 0.2) is 5.78 Å². The first-order valence-corrected chi connectivity index (χ1v) is 7.90. The van der Waals surface area contributed by atoms with Crippen molar-refractivity contribution in [3.8, 4) is 0 Å². The molecule has 0 bridgehead atoms. The monoisotopic (exact) mass is 284 g/mol. The summed E-state index contributed by atoms with van der Waals surface area (Å²) in [6.07, 6.45) is 2.63. The van der Waals surface area contributed by atoms with Crippen molar-refractivity contribution in [3.63, 3.8) is 0 Å². The summed E-state index contributed by atoms with van der Waals surface area (Å²) in [6, 6.07) is 3.75. The molecule has 0 N–H and O–H groups in total. The number of hydrogen-bond donors (Lipinski definition) is 0. The van der Waals surface area contributed by atoms with Gasteiger partial charge in [-0.05, 0) is 35.5 Å². The Hall–Kier alpha value is -0.810. The Morgan fingerprint density at radius 2 is 2.28 bits per heavy atom. The van der Waals surface area contributed by atoms with E-state index in [1.54, 1.807) is 11.8 Å². The third-order valence-corrected chi connectivity index (χ3v) is 5.34. The molecule has 5 heteroatoms. The highest BCUT2D eigenvalue weighted by Crippen LogP contribution is 2.51. The van der Waals surface area contributed by atoms with E-state index in [4.69, 9.17) is 4.74 Å². The second-order valence-electron chi connectivity index (χ2n) is 4.65. The van der Waals surface area contributed by atoms with Crippen LogP contribution in [0.3, 0.4) is 0 Å². The van der Waals surface area contributed by atoms with Gasteiger partial charge in [0.25, 0.3) is 0 Å². The minimum Gasteiger partial charge on any atom is -0.469 e. The van der Waals surface area contributed by atoms with Crippen LogP contribution in [0.5, 0.6) is 0 Å². The topological polar surface area (TPSA) is 43.4 Å². The molecule has 0 radical (unpaired) electrons. The summed E-state index contributed by atoms with van der Waals surface area (Å²) in [5.74, 6) is 1.42. The van der Waals surface area contributed by atoms with Crippen molar-refractivity contribution in [1.29, 1.82) is 0 Å². The predicted molar refractivity (Wildman–Crippen MR) is 74.3 cm³/mol. The minimum absolute atomic E-state index is 0.105. The highest BCUT2D eigenvalue weighted by Gasteiger charge is 2.44. The summed E-state index contributed by atoms with van der Waals surface area (Å²) < 4.78 is 4.70. The van der Waals surface area contributed by atoms with Gasteiger partial charge < -0.3 is 4.74 Å². The zero-order chi connectivity index (χ0) is 13.0. The molecule has 1 aromatic heterocycles. The Bertz CT molecular complexity index is 421. The Kier molecular flexibility index (Phi) is 4.45. The molecular weight excluding hydrogens is 268 g/mol. The van der Waals surface area contributed by atoms with Crippen LogP contribution in [0, 0.1) is 5.41 Å². The van der Waals surface area contributed by atoms with E-state index >= 15 is 0 Å². The standard InChI is InChI=1S/C13H16O3S2/c1-16-12(15)7-13(4-5-13)9-17-8-10(14)11-3-2-6-18-11/h2-3,6H,4-5,7-9H2,1H3. The van der Waals surface area contributed by atoms with E-state index in [2.05, 4.69) is 0 Å². The zero-order valence-electron chi connectivity index (χ0n) is 10.3. The molecule has 1 aromatic rings. The summed E-state index contributed by atoms with van der Waals surface area (Å²) in [7, 11) is 1.42. The largest absolute Gasteiger partial charge is 0.469 e. The molecular formula is C13H16O3S2. The lowest BCUT2D eigenvalue weighted by atomic mass is 10.1. The molecule has 1 aliphatic carbocycles. The molecule has 0 unspecified atom stereocenters. The predicted octanol–water partition coefficient (Wildman–Crippen LogP) is 3.01. The summed E-state index contributed by atoms with van der Waals surface area (Å²) in [5.41, 5.74) is 0.105. The Morgan fingerprint density at radius 1 is 1.50 bits per heavy atom. The number of Topliss-reactive ketones (excluding diaryl/α,β-unsaturated/α-hetero) is 1. The second-order valence-corrected chi connectivity index (χ2v) is 6.58. The van der Waals surface area contributed by atoms with E-state index in [0.717, 1.165) is 23.5 Å². The van der Waals surface area contributed by atoms with Crippen LogP contribution in [0.25, 0.3) is 0 Å². The van der Waals surface area contributed by atoms with E-state index in [0.29, 0.717) is 12.2 Å². The third-order valence-electron chi connectivity index (χ3n) is 3.14. The molecule has 2 rings (SSSR count). The molecule has 1 heterocycles. The van der Waals surface area contributed by atoms with Crippen molar-refractivity contribution in [2.75, 3.05) is 18.6 Å². The van der Waals surface area contributed by atoms with Crippen LogP contribution in [0.4, 0.5) is 0 Å². The molecule has 1 aliphatic rings. The number of thiophene rings is 1. The molecule has 0 spiro atoms. The molecule has 1 fully saturated rings. The van der Waals surface area contributed by atoms with Crippen LogP contribution < -0.4 is 0 Å². The molecule has 0 aliphatic heterocycles. The number of hydrogen-bond acceptors (Lipinski definition) is 5. The molecule has 98 valence electrons. The number of esters is 1. The lowest BCUT2D eigenvalue weighted by Gasteiger charge is -2.12. The van der Waals surface area contributed by atoms with Crippen LogP contribution >= 0.6 is 23.1 Å². The average molecular weight is 284 g/mol. The lowest BCUT2D eigenvalue weighted by Crippen LogP contribution is -2.14. The van der Waals surface area contributed by atoms with E-state index < -0.39 is 0 Å². The van der Waals surface area contributed by atoms with Crippen molar-refractivity contribution >= 4 is 34.9 Å². The number of ether oxygens (including phenoxy) is 1. The van der Waals surface area contributed by atoms with Crippen molar-refractivity contribution in [3.05, 3.63) is 22.4 Å². The first-order chi connectivity index (χ1) is 8.65. The van der Waals surface area contributed by atoms with Crippen LogP contribution in [-0.4, -0.2) is 30.4 Å². The number of rotatable bonds is 7. The smallest absolute Gasteiger partial charge is 0.306 e. The summed E-state index contributed by atoms with van der Waals surface area (Å²) in [5, 5.41) is 1.91. The van der Waals surface area contributed by atoms with Crippen molar-refractivity contribution in [2.45, 2.75) is 19.3 Å². The SMILES string of the molecule is COC(=O)CC1(CSCC(=O)c2cccs2)CC1. The van der Waals surface area contributed by atoms with Gasteiger partial charge in [0, 0.05) is 0 Å². The maximum atomic E-state index is 11.8. The number of methoxy groups -OCH3 is 1. The van der Waals surface area contributed by atoms with Crippen LogP contribution in [-0.2, 0) is 9.53 Å². The fourth-order valence-electron chi connectivity index (χ4n) is 1.80. The highest BCUT2D eigenvalue weighted by atomic mass is 32.2. The fraction of sp³-hybridized carbons (Fsp3) is 0.538. The Labute approximate surface area is 115 Å². The van der Waals surface area contributed by atoms with E-state index in [-0.39, 0.29) is 17.2 Å². The summed E-state index contributed by atoms with van der Waals surface area (Å²) >= 11 is 3.11. The maximum absolute atomic E-state index is 11.8. The molecule has 1 saturated carbocycles. The first-order valence-electron chi connectivity index (χ1n) is 5.86. The van der Waals surface area contributed by atoms with Gasteiger partial charge in [-0.15, -0.1) is 11.3 Å². The second kappa shape index (κ2) is 5.89. The van der Waals surface area contributed by atoms with Crippen molar-refractivity contribution in [2.24, 2.45) is 5.41 Å². The van der Waals surface area contributed by atoms with Gasteiger partial charge >= 0.3 is 5.97 Å². The van der Waals surface area contributed by atoms with Gasteiger partial charge in [-0.2, -0.15) is 11.8 Å². The molecule has 18 heavy (non-hydrogen) atoms. The van der Waals surface area contributed by atoms with E-state index in [9.17, 15) is 9.59 Å². The number of carbonyl (C=O) groups excluding carboxylic acids is 2. The highest BCUT2D eigenvalue weighted by molar-refractivity contribution is 8.00. The Morgan fingerprint density at radius 3 is 2.83 bits per heavy atom. The van der Waals surface area contributed by atoms with E-state index in [1.165, 1.54) is 18.4 Å². The number of thioether (sulfide) groups is 1. The van der Waals surface area contributed by atoms with Crippen LogP contribution in [0.15, 0.2) is 17.5 Å². The van der Waals surface area contributed by atoms with E-state index in [1.807, 2.05) is 17.5 Å². The molecule has 0 aromatic carbocycles. The normalized spacial score (nSPS) is 16.3. The summed E-state index contributed by atoms with van der Waals surface area (Å²) in [4.78, 5) is 23.9. The van der Waals surface area contributed by atoms with Gasteiger partial charge in [-0.1, -0.05) is 6.07 Å². The quantitative estimate of drug-likeness (QED) is 0.570. The zero-order valence-corrected chi connectivity index (χ0v) is 11.9. The number of carbonyl (C=O) groups is 2. The van der Waals surface area contributed by atoms with Gasteiger partial charge in [0.05, 0.1) is 24.2 Å². The average Bonchev–Trinajstić information content (AvgIpc) is 2.92. The third kappa shape index (κ3) is 3.59. The van der Waals surface area contributed by atoms with Gasteiger partial charge in [-0.25, -0.2) is 0 Å². The number of ketones is 1. The van der Waals surface area contributed by atoms with Crippen molar-refractivity contribution < 1.29 is 14.3 Å². The van der Waals surface area contributed by atoms with Crippen LogP contribution in [0.2, 0.25) is 0 Å².